The van der Waals surface area contributed by atoms with Crippen LogP contribution in [0.2, 0.25) is 0 Å². The molecule has 1 unspecified atom stereocenters. The van der Waals surface area contributed by atoms with Gasteiger partial charge in [-0.3, -0.25) is 4.79 Å². The minimum atomic E-state index is -0.123. The van der Waals surface area contributed by atoms with E-state index in [4.69, 9.17) is 10.5 Å². The van der Waals surface area contributed by atoms with Gasteiger partial charge in [-0.2, -0.15) is 0 Å². The molecule has 0 radical (unpaired) electrons. The summed E-state index contributed by atoms with van der Waals surface area (Å²) in [5.41, 5.74) is 5.73. The van der Waals surface area contributed by atoms with E-state index in [2.05, 4.69) is 10.2 Å². The second-order valence-corrected chi connectivity index (χ2v) is 3.78. The average Bonchev–Trinajstić information content (AvgIpc) is 2.29. The standard InChI is InChI=1S/C10H14N4O2/c1-7-6-14(4-5-16-7)10(15)8-2-3-9(11)13-12-8/h2-3,7H,4-6H2,1H3,(H2,11,13). The highest BCUT2D eigenvalue weighted by Gasteiger charge is 2.23. The second kappa shape index (κ2) is 4.44. The molecule has 0 aliphatic carbocycles. The number of ether oxygens (including phenoxy) is 1. The van der Waals surface area contributed by atoms with E-state index >= 15 is 0 Å². The van der Waals surface area contributed by atoms with Crippen molar-refractivity contribution in [2.75, 3.05) is 25.4 Å². The molecule has 1 aliphatic rings. The minimum absolute atomic E-state index is 0.0689. The fourth-order valence-electron chi connectivity index (χ4n) is 1.62. The molecular weight excluding hydrogens is 208 g/mol. The molecule has 0 saturated carbocycles. The number of carbonyl (C=O) groups is 1. The third kappa shape index (κ3) is 2.27. The summed E-state index contributed by atoms with van der Waals surface area (Å²) < 4.78 is 5.36. The fourth-order valence-corrected chi connectivity index (χ4v) is 1.62. The molecule has 1 saturated heterocycles. The Kier molecular flexibility index (Phi) is 3.00. The molecule has 1 aromatic rings. The molecule has 86 valence electrons. The molecule has 0 bridgehead atoms. The van der Waals surface area contributed by atoms with Gasteiger partial charge in [0.05, 0.1) is 12.7 Å². The van der Waals surface area contributed by atoms with Crippen LogP contribution >= 0.6 is 0 Å². The van der Waals surface area contributed by atoms with E-state index in [0.717, 1.165) is 0 Å². The quantitative estimate of drug-likeness (QED) is 0.718. The Morgan fingerprint density at radius 1 is 1.56 bits per heavy atom. The summed E-state index contributed by atoms with van der Waals surface area (Å²) in [6, 6.07) is 3.16. The van der Waals surface area contributed by atoms with Crippen molar-refractivity contribution in [3.63, 3.8) is 0 Å². The van der Waals surface area contributed by atoms with Crippen molar-refractivity contribution in [2.45, 2.75) is 13.0 Å². The lowest BCUT2D eigenvalue weighted by molar-refractivity contribution is -0.0126. The van der Waals surface area contributed by atoms with Crippen LogP contribution in [0.1, 0.15) is 17.4 Å². The van der Waals surface area contributed by atoms with Gasteiger partial charge in [0.1, 0.15) is 5.82 Å². The van der Waals surface area contributed by atoms with Crippen LogP contribution in [-0.4, -0.2) is 46.8 Å². The van der Waals surface area contributed by atoms with Crippen molar-refractivity contribution in [3.05, 3.63) is 17.8 Å². The van der Waals surface area contributed by atoms with Crippen LogP contribution < -0.4 is 5.73 Å². The van der Waals surface area contributed by atoms with Gasteiger partial charge in [-0.05, 0) is 19.1 Å². The molecule has 2 rings (SSSR count). The van der Waals surface area contributed by atoms with Gasteiger partial charge in [-0.1, -0.05) is 0 Å². The summed E-state index contributed by atoms with van der Waals surface area (Å²) in [6.07, 6.45) is 0.0689. The van der Waals surface area contributed by atoms with Gasteiger partial charge in [-0.15, -0.1) is 10.2 Å². The number of nitrogens with zero attached hydrogens (tertiary/aromatic N) is 3. The van der Waals surface area contributed by atoms with Gasteiger partial charge in [-0.25, -0.2) is 0 Å². The summed E-state index contributed by atoms with van der Waals surface area (Å²) in [7, 11) is 0. The Balaban J connectivity index is 2.09. The Bertz CT molecular complexity index is 379. The van der Waals surface area contributed by atoms with Gasteiger partial charge in [0, 0.05) is 13.1 Å². The number of rotatable bonds is 1. The SMILES string of the molecule is CC1CN(C(=O)c2ccc(N)nn2)CCO1. The molecule has 0 spiro atoms. The van der Waals surface area contributed by atoms with Gasteiger partial charge < -0.3 is 15.4 Å². The first-order valence-electron chi connectivity index (χ1n) is 5.17. The van der Waals surface area contributed by atoms with Gasteiger partial charge in [0.2, 0.25) is 0 Å². The zero-order chi connectivity index (χ0) is 11.5. The van der Waals surface area contributed by atoms with Crippen LogP contribution in [0.15, 0.2) is 12.1 Å². The number of aromatic nitrogens is 2. The third-order valence-corrected chi connectivity index (χ3v) is 2.43. The van der Waals surface area contributed by atoms with Crippen LogP contribution in [0.25, 0.3) is 0 Å². The average molecular weight is 222 g/mol. The van der Waals surface area contributed by atoms with E-state index in [1.807, 2.05) is 6.92 Å². The molecule has 6 heteroatoms. The minimum Gasteiger partial charge on any atom is -0.382 e. The van der Waals surface area contributed by atoms with Crippen molar-refractivity contribution >= 4 is 11.7 Å². The van der Waals surface area contributed by atoms with Crippen molar-refractivity contribution in [3.8, 4) is 0 Å². The molecule has 1 atom stereocenters. The van der Waals surface area contributed by atoms with Crippen molar-refractivity contribution < 1.29 is 9.53 Å². The van der Waals surface area contributed by atoms with Gasteiger partial charge in [0.25, 0.3) is 5.91 Å². The highest BCUT2D eigenvalue weighted by molar-refractivity contribution is 5.92. The topological polar surface area (TPSA) is 81.3 Å². The number of nitrogen functional groups attached to an aromatic ring is 1. The van der Waals surface area contributed by atoms with Gasteiger partial charge in [0.15, 0.2) is 5.69 Å². The molecule has 2 N–H and O–H groups in total. The Labute approximate surface area is 93.4 Å². The van der Waals surface area contributed by atoms with Crippen LogP contribution in [0, 0.1) is 0 Å². The fraction of sp³-hybridized carbons (Fsp3) is 0.500. The molecule has 0 aromatic carbocycles. The normalized spacial score (nSPS) is 20.8. The highest BCUT2D eigenvalue weighted by Crippen LogP contribution is 2.08. The van der Waals surface area contributed by atoms with E-state index in [9.17, 15) is 4.79 Å². The van der Waals surface area contributed by atoms with E-state index in [1.165, 1.54) is 0 Å². The third-order valence-electron chi connectivity index (χ3n) is 2.43. The number of hydrogen-bond acceptors (Lipinski definition) is 5. The number of hydrogen-bond donors (Lipinski definition) is 1. The number of amides is 1. The lowest BCUT2D eigenvalue weighted by Gasteiger charge is -2.30. The van der Waals surface area contributed by atoms with Crippen molar-refractivity contribution in [2.24, 2.45) is 0 Å². The molecule has 1 amide bonds. The number of nitrogens with two attached hydrogens (primary N) is 1. The van der Waals surface area contributed by atoms with Crippen molar-refractivity contribution in [1.29, 1.82) is 0 Å². The van der Waals surface area contributed by atoms with E-state index in [1.54, 1.807) is 17.0 Å². The zero-order valence-electron chi connectivity index (χ0n) is 9.09. The summed E-state index contributed by atoms with van der Waals surface area (Å²) >= 11 is 0. The first-order valence-corrected chi connectivity index (χ1v) is 5.17. The summed E-state index contributed by atoms with van der Waals surface area (Å²) in [6.45, 7) is 3.68. The highest BCUT2D eigenvalue weighted by atomic mass is 16.5. The number of carbonyl (C=O) groups excluding carboxylic acids is 1. The van der Waals surface area contributed by atoms with Crippen molar-refractivity contribution in [1.82, 2.24) is 15.1 Å². The molecule has 1 aromatic heterocycles. The van der Waals surface area contributed by atoms with Crippen LogP contribution in [0.4, 0.5) is 5.82 Å². The monoisotopic (exact) mass is 222 g/mol. The van der Waals surface area contributed by atoms with E-state index < -0.39 is 0 Å². The molecule has 1 aliphatic heterocycles. The second-order valence-electron chi connectivity index (χ2n) is 3.78. The lowest BCUT2D eigenvalue weighted by atomic mass is 10.2. The largest absolute Gasteiger partial charge is 0.382 e. The van der Waals surface area contributed by atoms with E-state index in [-0.39, 0.29) is 12.0 Å². The smallest absolute Gasteiger partial charge is 0.274 e. The number of morpholine rings is 1. The van der Waals surface area contributed by atoms with E-state index in [0.29, 0.717) is 31.2 Å². The Morgan fingerprint density at radius 2 is 2.38 bits per heavy atom. The van der Waals surface area contributed by atoms with Crippen LogP contribution in [0.5, 0.6) is 0 Å². The van der Waals surface area contributed by atoms with Gasteiger partial charge >= 0.3 is 0 Å². The predicted molar refractivity (Wildman–Crippen MR) is 57.8 cm³/mol. The molecular formula is C10H14N4O2. The number of anilines is 1. The molecule has 2 heterocycles. The first kappa shape index (κ1) is 10.8. The Morgan fingerprint density at radius 3 is 3.00 bits per heavy atom. The molecule has 6 nitrogen and oxygen atoms in total. The lowest BCUT2D eigenvalue weighted by Crippen LogP contribution is -2.44. The molecule has 16 heavy (non-hydrogen) atoms. The maximum atomic E-state index is 12.0. The first-order chi connectivity index (χ1) is 7.66. The maximum absolute atomic E-state index is 12.0. The maximum Gasteiger partial charge on any atom is 0.274 e. The zero-order valence-corrected chi connectivity index (χ0v) is 9.09. The van der Waals surface area contributed by atoms with Crippen LogP contribution in [-0.2, 0) is 4.74 Å². The van der Waals surface area contributed by atoms with Crippen LogP contribution in [0.3, 0.4) is 0 Å². The Hall–Kier alpha value is -1.69. The predicted octanol–water partition coefficient (Wildman–Crippen LogP) is -0.0803. The summed E-state index contributed by atoms with van der Waals surface area (Å²) in [5, 5.41) is 7.43. The molecule has 1 fully saturated rings. The summed E-state index contributed by atoms with van der Waals surface area (Å²) in [5.74, 6) is 0.189. The summed E-state index contributed by atoms with van der Waals surface area (Å²) in [4.78, 5) is 13.7.